The Hall–Kier alpha value is -1.65. The third-order valence-corrected chi connectivity index (χ3v) is 4.58. The highest BCUT2D eigenvalue weighted by molar-refractivity contribution is 6.36. The zero-order valence-electron chi connectivity index (χ0n) is 12.7. The van der Waals surface area contributed by atoms with E-state index in [4.69, 9.17) is 11.6 Å². The second-order valence-corrected chi connectivity index (χ2v) is 6.22. The van der Waals surface area contributed by atoms with Gasteiger partial charge in [0.2, 0.25) is 0 Å². The van der Waals surface area contributed by atoms with Gasteiger partial charge in [-0.25, -0.2) is 0 Å². The molecule has 2 heterocycles. The molecule has 0 spiro atoms. The summed E-state index contributed by atoms with van der Waals surface area (Å²) in [4.78, 5) is 19.2. The van der Waals surface area contributed by atoms with Crippen LogP contribution in [0.25, 0.3) is 10.9 Å². The molecule has 22 heavy (non-hydrogen) atoms. The van der Waals surface area contributed by atoms with Crippen LogP contribution in [0.4, 0.5) is 0 Å². The third kappa shape index (κ3) is 2.94. The number of hydrogen-bond donors (Lipinski definition) is 1. The molecule has 5 heteroatoms. The highest BCUT2D eigenvalue weighted by Crippen LogP contribution is 2.27. The lowest BCUT2D eigenvalue weighted by Crippen LogP contribution is -2.42. The zero-order valence-corrected chi connectivity index (χ0v) is 13.4. The molecule has 3 rings (SSSR count). The number of amides is 1. The number of pyridine rings is 1. The van der Waals surface area contributed by atoms with E-state index in [9.17, 15) is 4.79 Å². The lowest BCUT2D eigenvalue weighted by molar-refractivity contribution is 0.0676. The summed E-state index contributed by atoms with van der Waals surface area (Å²) in [7, 11) is 1.96. The van der Waals surface area contributed by atoms with Crippen molar-refractivity contribution in [3.63, 3.8) is 0 Å². The monoisotopic (exact) mass is 317 g/mol. The molecular formula is C17H20ClN3O. The molecule has 1 atom stereocenters. The summed E-state index contributed by atoms with van der Waals surface area (Å²) in [5.74, 6) is 0.579. The van der Waals surface area contributed by atoms with E-state index in [-0.39, 0.29) is 5.91 Å². The van der Waals surface area contributed by atoms with E-state index in [0.717, 1.165) is 31.4 Å². The number of aromatic nitrogens is 1. The standard InChI is InChI=1S/C17H20ClN3O/c1-19-10-12-4-3-9-21(11-12)17(22)14-6-7-15(18)13-5-2-8-20-16(13)14/h2,5-8,12,19H,3-4,9-11H2,1H3/t12-/m0/s1. The number of halogens is 1. The molecular weight excluding hydrogens is 298 g/mol. The lowest BCUT2D eigenvalue weighted by atomic mass is 9.97. The molecule has 1 fully saturated rings. The van der Waals surface area contributed by atoms with Crippen molar-refractivity contribution in [3.8, 4) is 0 Å². The summed E-state index contributed by atoms with van der Waals surface area (Å²) in [6.45, 7) is 2.57. The average Bonchev–Trinajstić information content (AvgIpc) is 2.55. The second kappa shape index (κ2) is 6.63. The Labute approximate surface area is 135 Å². The molecule has 0 aliphatic carbocycles. The largest absolute Gasteiger partial charge is 0.338 e. The molecule has 1 saturated heterocycles. The Bertz CT molecular complexity index is 687. The van der Waals surface area contributed by atoms with Gasteiger partial charge in [-0.15, -0.1) is 0 Å². The van der Waals surface area contributed by atoms with Gasteiger partial charge in [-0.05, 0) is 56.6 Å². The summed E-state index contributed by atoms with van der Waals surface area (Å²) in [5, 5.41) is 4.67. The third-order valence-electron chi connectivity index (χ3n) is 4.25. The number of benzene rings is 1. The number of likely N-dealkylation sites (tertiary alicyclic amines) is 1. The summed E-state index contributed by atoms with van der Waals surface area (Å²) in [6, 6.07) is 7.32. The van der Waals surface area contributed by atoms with Crippen LogP contribution in [0.2, 0.25) is 5.02 Å². The van der Waals surface area contributed by atoms with E-state index < -0.39 is 0 Å². The van der Waals surface area contributed by atoms with Crippen molar-refractivity contribution in [3.05, 3.63) is 41.0 Å². The number of piperidine rings is 1. The summed E-state index contributed by atoms with van der Waals surface area (Å²) < 4.78 is 0. The average molecular weight is 318 g/mol. The maximum absolute atomic E-state index is 12.9. The first-order valence-corrected chi connectivity index (χ1v) is 8.05. The van der Waals surface area contributed by atoms with E-state index in [1.165, 1.54) is 6.42 Å². The molecule has 1 aliphatic rings. The van der Waals surface area contributed by atoms with Crippen LogP contribution in [0.3, 0.4) is 0 Å². The lowest BCUT2D eigenvalue weighted by Gasteiger charge is -2.33. The molecule has 1 aromatic heterocycles. The molecule has 0 unspecified atom stereocenters. The normalized spacial score (nSPS) is 18.6. The van der Waals surface area contributed by atoms with Crippen LogP contribution >= 0.6 is 11.6 Å². The number of nitrogens with zero attached hydrogens (tertiary/aromatic N) is 2. The number of rotatable bonds is 3. The quantitative estimate of drug-likeness (QED) is 0.946. The predicted octanol–water partition coefficient (Wildman–Crippen LogP) is 2.96. The van der Waals surface area contributed by atoms with Crippen LogP contribution in [0.1, 0.15) is 23.2 Å². The molecule has 2 aromatic rings. The number of hydrogen-bond acceptors (Lipinski definition) is 3. The Balaban J connectivity index is 1.91. The molecule has 1 amide bonds. The fraction of sp³-hybridized carbons (Fsp3) is 0.412. The van der Waals surface area contributed by atoms with Crippen LogP contribution in [-0.2, 0) is 0 Å². The molecule has 1 N–H and O–H groups in total. The van der Waals surface area contributed by atoms with Gasteiger partial charge in [0, 0.05) is 24.7 Å². The van der Waals surface area contributed by atoms with Crippen LogP contribution in [0, 0.1) is 5.92 Å². The van der Waals surface area contributed by atoms with Crippen molar-refractivity contribution in [1.29, 1.82) is 0 Å². The number of fused-ring (bicyclic) bond motifs is 1. The highest BCUT2D eigenvalue weighted by Gasteiger charge is 2.25. The van der Waals surface area contributed by atoms with Gasteiger partial charge in [-0.1, -0.05) is 11.6 Å². The molecule has 0 saturated carbocycles. The van der Waals surface area contributed by atoms with Gasteiger partial charge in [0.05, 0.1) is 16.1 Å². The van der Waals surface area contributed by atoms with E-state index in [2.05, 4.69) is 10.3 Å². The minimum atomic E-state index is 0.0566. The smallest absolute Gasteiger partial charge is 0.256 e. The minimum Gasteiger partial charge on any atom is -0.338 e. The SMILES string of the molecule is CNC[C@@H]1CCCN(C(=O)c2ccc(Cl)c3cccnc23)C1. The fourth-order valence-corrected chi connectivity index (χ4v) is 3.40. The van der Waals surface area contributed by atoms with Crippen molar-refractivity contribution in [1.82, 2.24) is 15.2 Å². The first-order valence-electron chi connectivity index (χ1n) is 7.68. The Kier molecular flexibility index (Phi) is 4.60. The first-order chi connectivity index (χ1) is 10.7. The maximum atomic E-state index is 12.9. The number of nitrogens with one attached hydrogen (secondary N) is 1. The molecule has 116 valence electrons. The zero-order chi connectivity index (χ0) is 15.5. The minimum absolute atomic E-state index is 0.0566. The van der Waals surface area contributed by atoms with Crippen molar-refractivity contribution < 1.29 is 4.79 Å². The van der Waals surface area contributed by atoms with Crippen molar-refractivity contribution in [2.45, 2.75) is 12.8 Å². The molecule has 0 bridgehead atoms. The van der Waals surface area contributed by atoms with Gasteiger partial charge < -0.3 is 10.2 Å². The van der Waals surface area contributed by atoms with Gasteiger partial charge in [0.1, 0.15) is 0 Å². The van der Waals surface area contributed by atoms with E-state index in [1.807, 2.05) is 24.1 Å². The van der Waals surface area contributed by atoms with Gasteiger partial charge in [-0.2, -0.15) is 0 Å². The van der Waals surface area contributed by atoms with E-state index in [0.29, 0.717) is 22.0 Å². The topological polar surface area (TPSA) is 45.2 Å². The number of carbonyl (C=O) groups is 1. The van der Waals surface area contributed by atoms with Crippen molar-refractivity contribution >= 4 is 28.4 Å². The summed E-state index contributed by atoms with van der Waals surface area (Å²) in [5.41, 5.74) is 1.33. The molecule has 0 radical (unpaired) electrons. The van der Waals surface area contributed by atoms with E-state index >= 15 is 0 Å². The number of carbonyl (C=O) groups excluding carboxylic acids is 1. The van der Waals surface area contributed by atoms with Gasteiger partial charge in [0.25, 0.3) is 5.91 Å². The summed E-state index contributed by atoms with van der Waals surface area (Å²) in [6.07, 6.45) is 3.93. The van der Waals surface area contributed by atoms with Crippen LogP contribution in [-0.4, -0.2) is 42.5 Å². The Morgan fingerprint density at radius 2 is 2.32 bits per heavy atom. The Morgan fingerprint density at radius 3 is 3.14 bits per heavy atom. The van der Waals surface area contributed by atoms with Crippen LogP contribution in [0.15, 0.2) is 30.5 Å². The second-order valence-electron chi connectivity index (χ2n) is 5.81. The molecule has 1 aliphatic heterocycles. The van der Waals surface area contributed by atoms with Crippen molar-refractivity contribution in [2.24, 2.45) is 5.92 Å². The highest BCUT2D eigenvalue weighted by atomic mass is 35.5. The van der Waals surface area contributed by atoms with Crippen LogP contribution in [0.5, 0.6) is 0 Å². The first kappa shape index (κ1) is 15.3. The van der Waals surface area contributed by atoms with Crippen molar-refractivity contribution in [2.75, 3.05) is 26.7 Å². The molecule has 1 aromatic carbocycles. The van der Waals surface area contributed by atoms with Crippen LogP contribution < -0.4 is 5.32 Å². The van der Waals surface area contributed by atoms with E-state index in [1.54, 1.807) is 18.3 Å². The predicted molar refractivity (Wildman–Crippen MR) is 89.3 cm³/mol. The van der Waals surface area contributed by atoms with Gasteiger partial charge >= 0.3 is 0 Å². The molecule has 4 nitrogen and oxygen atoms in total. The fourth-order valence-electron chi connectivity index (χ4n) is 3.19. The Morgan fingerprint density at radius 1 is 1.45 bits per heavy atom. The van der Waals surface area contributed by atoms with Gasteiger partial charge in [0.15, 0.2) is 0 Å². The maximum Gasteiger partial charge on any atom is 0.256 e. The summed E-state index contributed by atoms with van der Waals surface area (Å²) >= 11 is 6.21. The van der Waals surface area contributed by atoms with Gasteiger partial charge in [-0.3, -0.25) is 9.78 Å².